The lowest BCUT2D eigenvalue weighted by atomic mass is 10.1. The van der Waals surface area contributed by atoms with Gasteiger partial charge in [0.05, 0.1) is 22.3 Å². The van der Waals surface area contributed by atoms with Gasteiger partial charge in [0, 0.05) is 18.0 Å². The lowest BCUT2D eigenvalue weighted by molar-refractivity contribution is 0.808. The summed E-state index contributed by atoms with van der Waals surface area (Å²) < 4.78 is 3.24. The van der Waals surface area contributed by atoms with Gasteiger partial charge < -0.3 is 0 Å². The third-order valence-electron chi connectivity index (χ3n) is 5.70. The molecule has 164 valence electrons. The van der Waals surface area contributed by atoms with Crippen molar-refractivity contribution in [3.05, 3.63) is 110 Å². The second kappa shape index (κ2) is 8.33. The van der Waals surface area contributed by atoms with E-state index in [1.807, 2.05) is 69.3 Å². The number of rotatable bonds is 4. The Morgan fingerprint density at radius 2 is 1.58 bits per heavy atom. The molecule has 3 heterocycles. The minimum absolute atomic E-state index is 0.108. The van der Waals surface area contributed by atoms with Gasteiger partial charge in [-0.05, 0) is 55.7 Å². The summed E-state index contributed by atoms with van der Waals surface area (Å²) in [5.41, 5.74) is 5.45. The zero-order valence-electron chi connectivity index (χ0n) is 18.6. The largest absolute Gasteiger partial charge is 0.269 e. The molecule has 0 radical (unpaired) electrons. The number of pyridine rings is 1. The molecule has 2 aromatic carbocycles. The van der Waals surface area contributed by atoms with Crippen molar-refractivity contribution in [2.24, 2.45) is 0 Å². The van der Waals surface area contributed by atoms with Crippen molar-refractivity contribution in [1.29, 1.82) is 0 Å². The van der Waals surface area contributed by atoms with Crippen LogP contribution in [-0.4, -0.2) is 18.9 Å². The maximum Gasteiger partial charge on any atom is 0.266 e. The highest BCUT2D eigenvalue weighted by molar-refractivity contribution is 7.98. The molecule has 33 heavy (non-hydrogen) atoms. The predicted molar refractivity (Wildman–Crippen MR) is 133 cm³/mol. The summed E-state index contributed by atoms with van der Waals surface area (Å²) >= 11 is 1.41. The number of aryl methyl sites for hydroxylation is 3. The topological polar surface area (TPSA) is 69.3 Å². The lowest BCUT2D eigenvalue weighted by Crippen LogP contribution is -2.23. The Labute approximate surface area is 194 Å². The highest BCUT2D eigenvalue weighted by atomic mass is 32.2. The molecular weight excluding hydrogens is 432 g/mol. The summed E-state index contributed by atoms with van der Waals surface area (Å²) in [6.07, 6.45) is 1.72. The summed E-state index contributed by atoms with van der Waals surface area (Å²) in [5, 5.41) is 1.14. The number of fused-ring (bicyclic) bond motifs is 2. The second-order valence-corrected chi connectivity index (χ2v) is 8.99. The average molecular weight is 455 g/mol. The van der Waals surface area contributed by atoms with E-state index in [9.17, 15) is 9.59 Å². The van der Waals surface area contributed by atoms with Gasteiger partial charge in [0.15, 0.2) is 5.16 Å². The molecule has 0 saturated carbocycles. The van der Waals surface area contributed by atoms with Crippen LogP contribution in [0.3, 0.4) is 0 Å². The van der Waals surface area contributed by atoms with Gasteiger partial charge in [-0.15, -0.1) is 0 Å². The Morgan fingerprint density at radius 1 is 0.848 bits per heavy atom. The molecule has 5 rings (SSSR count). The number of para-hydroxylation sites is 2. The third-order valence-corrected chi connectivity index (χ3v) is 6.67. The Balaban J connectivity index is 1.66. The van der Waals surface area contributed by atoms with Crippen LogP contribution in [0.4, 0.5) is 0 Å². The molecule has 6 nitrogen and oxygen atoms in total. The molecule has 0 atom stereocenters. The fraction of sp³-hybridized carbons (Fsp3) is 0.154. The van der Waals surface area contributed by atoms with Crippen LogP contribution in [-0.2, 0) is 5.75 Å². The molecule has 0 unspecified atom stereocenters. The van der Waals surface area contributed by atoms with Crippen molar-refractivity contribution in [2.45, 2.75) is 31.7 Å². The van der Waals surface area contributed by atoms with Gasteiger partial charge in [0.2, 0.25) is 0 Å². The number of hydrogen-bond acceptors (Lipinski definition) is 5. The molecular formula is C26H22N4O2S. The van der Waals surface area contributed by atoms with E-state index in [1.54, 1.807) is 27.3 Å². The Bertz CT molecular complexity index is 1630. The van der Waals surface area contributed by atoms with Crippen LogP contribution in [0.15, 0.2) is 81.6 Å². The van der Waals surface area contributed by atoms with Crippen molar-refractivity contribution in [1.82, 2.24) is 18.9 Å². The van der Waals surface area contributed by atoms with Crippen molar-refractivity contribution in [3.8, 4) is 5.69 Å². The summed E-state index contributed by atoms with van der Waals surface area (Å²) in [6.45, 7) is 5.92. The van der Waals surface area contributed by atoms with Crippen LogP contribution < -0.4 is 11.1 Å². The molecule has 0 fully saturated rings. The minimum Gasteiger partial charge on any atom is -0.269 e. The number of thioether (sulfide) groups is 1. The van der Waals surface area contributed by atoms with Gasteiger partial charge >= 0.3 is 0 Å². The molecule has 0 saturated heterocycles. The van der Waals surface area contributed by atoms with E-state index >= 15 is 0 Å². The minimum atomic E-state index is -0.127. The van der Waals surface area contributed by atoms with Crippen LogP contribution >= 0.6 is 11.8 Å². The summed E-state index contributed by atoms with van der Waals surface area (Å²) in [7, 11) is 0. The van der Waals surface area contributed by atoms with E-state index in [0.29, 0.717) is 33.2 Å². The van der Waals surface area contributed by atoms with E-state index in [4.69, 9.17) is 9.97 Å². The van der Waals surface area contributed by atoms with E-state index in [0.717, 1.165) is 22.4 Å². The zero-order valence-corrected chi connectivity index (χ0v) is 19.4. The first kappa shape index (κ1) is 21.2. The Hall–Kier alpha value is -3.71. The number of aromatic nitrogens is 4. The van der Waals surface area contributed by atoms with Crippen LogP contribution in [0, 0.1) is 20.8 Å². The normalized spacial score (nSPS) is 11.4. The molecule has 0 spiro atoms. The molecule has 0 amide bonds. The van der Waals surface area contributed by atoms with Gasteiger partial charge in [-0.3, -0.25) is 18.6 Å². The zero-order chi connectivity index (χ0) is 23.1. The van der Waals surface area contributed by atoms with Gasteiger partial charge in [0.25, 0.3) is 11.1 Å². The first-order valence-electron chi connectivity index (χ1n) is 10.6. The van der Waals surface area contributed by atoms with Gasteiger partial charge in [0.1, 0.15) is 5.65 Å². The van der Waals surface area contributed by atoms with Crippen molar-refractivity contribution in [2.75, 3.05) is 0 Å². The second-order valence-electron chi connectivity index (χ2n) is 8.05. The first-order valence-corrected chi connectivity index (χ1v) is 11.6. The van der Waals surface area contributed by atoms with Crippen LogP contribution in [0.5, 0.6) is 0 Å². The van der Waals surface area contributed by atoms with Gasteiger partial charge in [-0.1, -0.05) is 48.2 Å². The molecule has 0 aliphatic heterocycles. The fourth-order valence-corrected chi connectivity index (χ4v) is 4.98. The summed E-state index contributed by atoms with van der Waals surface area (Å²) in [4.78, 5) is 35.7. The lowest BCUT2D eigenvalue weighted by Gasteiger charge is -2.17. The van der Waals surface area contributed by atoms with Crippen LogP contribution in [0.2, 0.25) is 0 Å². The monoisotopic (exact) mass is 454 g/mol. The molecule has 3 aromatic heterocycles. The van der Waals surface area contributed by atoms with Crippen molar-refractivity contribution >= 4 is 28.3 Å². The maximum atomic E-state index is 13.6. The van der Waals surface area contributed by atoms with Gasteiger partial charge in [-0.2, -0.15) is 0 Å². The molecule has 0 N–H and O–H groups in total. The van der Waals surface area contributed by atoms with Crippen molar-refractivity contribution < 1.29 is 0 Å². The highest BCUT2D eigenvalue weighted by Crippen LogP contribution is 2.27. The maximum absolute atomic E-state index is 13.6. The van der Waals surface area contributed by atoms with Crippen LogP contribution in [0.1, 0.15) is 22.4 Å². The standard InChI is InChI=1S/C26H22N4O2S/c1-16-8-6-9-17(2)23(16)30-25(32)20-11-4-5-12-21(20)28-26(30)33-15-19-14-22(31)29-13-7-10-18(3)24(29)27-19/h4-14H,15H2,1-3H3. The SMILES string of the molecule is Cc1cccc(C)c1-n1c(SCc2cc(=O)n3cccc(C)c3n2)nc2ccccc2c1=O. The number of benzene rings is 2. The van der Waals surface area contributed by atoms with Gasteiger partial charge in [-0.25, -0.2) is 9.97 Å². The third kappa shape index (κ3) is 3.74. The molecule has 0 bridgehead atoms. The molecule has 5 aromatic rings. The van der Waals surface area contributed by atoms with E-state index in [-0.39, 0.29) is 11.1 Å². The molecule has 0 aliphatic carbocycles. The molecule has 0 aliphatic rings. The quantitative estimate of drug-likeness (QED) is 0.293. The first-order chi connectivity index (χ1) is 15.9. The summed E-state index contributed by atoms with van der Waals surface area (Å²) in [6, 6.07) is 18.7. The average Bonchev–Trinajstić information content (AvgIpc) is 2.80. The Morgan fingerprint density at radius 3 is 2.36 bits per heavy atom. The van der Waals surface area contributed by atoms with E-state index < -0.39 is 0 Å². The highest BCUT2D eigenvalue weighted by Gasteiger charge is 2.17. The smallest absolute Gasteiger partial charge is 0.266 e. The number of hydrogen-bond donors (Lipinski definition) is 0. The van der Waals surface area contributed by atoms with Crippen molar-refractivity contribution in [3.63, 3.8) is 0 Å². The number of nitrogens with zero attached hydrogens (tertiary/aromatic N) is 4. The molecule has 7 heteroatoms. The fourth-order valence-electron chi connectivity index (χ4n) is 4.09. The van der Waals surface area contributed by atoms with Crippen LogP contribution in [0.25, 0.3) is 22.2 Å². The predicted octanol–water partition coefficient (Wildman–Crippen LogP) is 4.61. The summed E-state index contributed by atoms with van der Waals surface area (Å²) in [5.74, 6) is 0.412. The Kier molecular flexibility index (Phi) is 5.34. The van der Waals surface area contributed by atoms with E-state index in [2.05, 4.69) is 0 Å². The van der Waals surface area contributed by atoms with E-state index in [1.165, 1.54) is 11.8 Å².